The molecule has 0 saturated carbocycles. The highest BCUT2D eigenvalue weighted by Crippen LogP contribution is 2.32. The molecular weight excluding hydrogens is 275 g/mol. The largest absolute Gasteiger partial charge is 0.416 e. The van der Waals surface area contributed by atoms with Gasteiger partial charge in [-0.3, -0.25) is 0 Å². The molecular formula is C17H18F3N. The minimum Gasteiger partial charge on any atom is -0.321 e. The molecule has 0 amide bonds. The smallest absolute Gasteiger partial charge is 0.321 e. The van der Waals surface area contributed by atoms with E-state index >= 15 is 0 Å². The van der Waals surface area contributed by atoms with Gasteiger partial charge < -0.3 is 5.73 Å². The Morgan fingerprint density at radius 1 is 0.857 bits per heavy atom. The van der Waals surface area contributed by atoms with Crippen LogP contribution in [0.4, 0.5) is 13.2 Å². The molecule has 2 rings (SSSR count). The first-order valence-corrected chi connectivity index (χ1v) is 6.86. The fraction of sp³-hybridized carbons (Fsp3) is 0.294. The molecule has 1 nitrogen and oxygen atoms in total. The van der Waals surface area contributed by atoms with Crippen molar-refractivity contribution in [1.82, 2.24) is 0 Å². The van der Waals surface area contributed by atoms with Crippen LogP contribution in [-0.2, 0) is 18.1 Å². The van der Waals surface area contributed by atoms with Gasteiger partial charge in [0.05, 0.1) is 5.56 Å². The van der Waals surface area contributed by atoms with Gasteiger partial charge in [-0.25, -0.2) is 0 Å². The van der Waals surface area contributed by atoms with Crippen LogP contribution in [0.3, 0.4) is 0 Å². The minimum atomic E-state index is -4.32. The van der Waals surface area contributed by atoms with Crippen LogP contribution in [0.5, 0.6) is 0 Å². The molecule has 0 aliphatic rings. The maximum Gasteiger partial charge on any atom is 0.416 e. The van der Waals surface area contributed by atoms with E-state index < -0.39 is 17.3 Å². The number of alkyl halides is 3. The lowest BCUT2D eigenvalue weighted by atomic mass is 9.82. The second-order valence-corrected chi connectivity index (χ2v) is 5.25. The van der Waals surface area contributed by atoms with Crippen LogP contribution in [0.1, 0.15) is 30.0 Å². The van der Waals surface area contributed by atoms with Crippen LogP contribution in [0.25, 0.3) is 0 Å². The van der Waals surface area contributed by atoms with Gasteiger partial charge in [-0.1, -0.05) is 49.4 Å². The molecule has 0 aliphatic heterocycles. The zero-order chi connectivity index (χ0) is 15.5. The first-order chi connectivity index (χ1) is 9.85. The Hall–Kier alpha value is -1.81. The second kappa shape index (κ2) is 5.90. The van der Waals surface area contributed by atoms with Crippen LogP contribution in [0.2, 0.25) is 0 Å². The lowest BCUT2D eigenvalue weighted by Crippen LogP contribution is -2.38. The highest BCUT2D eigenvalue weighted by Gasteiger charge is 2.31. The zero-order valence-corrected chi connectivity index (χ0v) is 11.8. The Balaban J connectivity index is 2.28. The molecule has 2 aromatic carbocycles. The predicted octanol–water partition coefficient (Wildman–Crippen LogP) is 4.51. The second-order valence-electron chi connectivity index (χ2n) is 5.25. The molecule has 1 unspecified atom stereocenters. The minimum absolute atomic E-state index is 0.593. The summed E-state index contributed by atoms with van der Waals surface area (Å²) in [5.74, 6) is 0. The first-order valence-electron chi connectivity index (χ1n) is 6.86. The molecule has 0 fully saturated rings. The molecule has 0 aliphatic carbocycles. The quantitative estimate of drug-likeness (QED) is 0.881. The van der Waals surface area contributed by atoms with Crippen LogP contribution in [0.15, 0.2) is 54.6 Å². The van der Waals surface area contributed by atoms with Crippen molar-refractivity contribution in [2.45, 2.75) is 31.5 Å². The summed E-state index contributed by atoms with van der Waals surface area (Å²) >= 11 is 0. The van der Waals surface area contributed by atoms with Crippen molar-refractivity contribution in [2.75, 3.05) is 0 Å². The summed E-state index contributed by atoms with van der Waals surface area (Å²) in [5, 5.41) is 0. The zero-order valence-electron chi connectivity index (χ0n) is 11.8. The van der Waals surface area contributed by atoms with Crippen LogP contribution < -0.4 is 5.73 Å². The molecule has 0 spiro atoms. The third kappa shape index (κ3) is 3.64. The van der Waals surface area contributed by atoms with E-state index in [1.165, 1.54) is 12.1 Å². The van der Waals surface area contributed by atoms with E-state index in [2.05, 4.69) is 0 Å². The topological polar surface area (TPSA) is 26.0 Å². The molecule has 2 aromatic rings. The van der Waals surface area contributed by atoms with Crippen LogP contribution in [0, 0.1) is 0 Å². The average molecular weight is 293 g/mol. The summed E-state index contributed by atoms with van der Waals surface area (Å²) in [7, 11) is 0. The van der Waals surface area contributed by atoms with E-state index in [1.807, 2.05) is 37.3 Å². The van der Waals surface area contributed by atoms with Gasteiger partial charge in [-0.05, 0) is 36.1 Å². The summed E-state index contributed by atoms with van der Waals surface area (Å²) in [6, 6.07) is 14.9. The number of benzene rings is 2. The van der Waals surface area contributed by atoms with Gasteiger partial charge >= 0.3 is 6.18 Å². The molecule has 21 heavy (non-hydrogen) atoms. The normalized spacial score (nSPS) is 14.7. The van der Waals surface area contributed by atoms with Crippen LogP contribution >= 0.6 is 0 Å². The highest BCUT2D eigenvalue weighted by atomic mass is 19.4. The van der Waals surface area contributed by atoms with Crippen molar-refractivity contribution >= 4 is 0 Å². The van der Waals surface area contributed by atoms with Crippen molar-refractivity contribution in [3.05, 3.63) is 71.3 Å². The van der Waals surface area contributed by atoms with Crippen molar-refractivity contribution < 1.29 is 13.2 Å². The number of halogens is 3. The maximum atomic E-state index is 12.6. The van der Waals surface area contributed by atoms with Gasteiger partial charge in [0.1, 0.15) is 0 Å². The van der Waals surface area contributed by atoms with E-state index in [4.69, 9.17) is 5.73 Å². The van der Waals surface area contributed by atoms with Gasteiger partial charge in [0, 0.05) is 5.54 Å². The summed E-state index contributed by atoms with van der Waals surface area (Å²) in [5.41, 5.74) is 6.91. The Labute approximate surface area is 122 Å². The number of rotatable bonds is 4. The van der Waals surface area contributed by atoms with Crippen LogP contribution in [-0.4, -0.2) is 0 Å². The molecule has 4 heteroatoms. The fourth-order valence-electron chi connectivity index (χ4n) is 2.38. The number of hydrogen-bond acceptors (Lipinski definition) is 1. The molecule has 112 valence electrons. The van der Waals surface area contributed by atoms with Gasteiger partial charge in [-0.2, -0.15) is 13.2 Å². The van der Waals surface area contributed by atoms with Crippen molar-refractivity contribution in [2.24, 2.45) is 5.73 Å². The molecule has 0 heterocycles. The summed E-state index contributed by atoms with van der Waals surface area (Å²) in [6.45, 7) is 1.95. The molecule has 0 bridgehead atoms. The summed E-state index contributed by atoms with van der Waals surface area (Å²) < 4.78 is 37.8. The average Bonchev–Trinajstić information content (AvgIpc) is 2.47. The number of nitrogens with two attached hydrogens (primary N) is 1. The fourth-order valence-corrected chi connectivity index (χ4v) is 2.38. The third-order valence-corrected chi connectivity index (χ3v) is 3.78. The molecule has 0 saturated heterocycles. The van der Waals surface area contributed by atoms with E-state index in [-0.39, 0.29) is 0 Å². The first kappa shape index (κ1) is 15.6. The van der Waals surface area contributed by atoms with Crippen molar-refractivity contribution in [3.63, 3.8) is 0 Å². The number of hydrogen-bond donors (Lipinski definition) is 1. The molecule has 2 N–H and O–H groups in total. The third-order valence-electron chi connectivity index (χ3n) is 3.78. The maximum absolute atomic E-state index is 12.6. The molecule has 0 radical (unpaired) electrons. The van der Waals surface area contributed by atoms with Gasteiger partial charge in [0.2, 0.25) is 0 Å². The van der Waals surface area contributed by atoms with E-state index in [0.717, 1.165) is 23.3 Å². The van der Waals surface area contributed by atoms with E-state index in [1.54, 1.807) is 0 Å². The monoisotopic (exact) mass is 293 g/mol. The lowest BCUT2D eigenvalue weighted by molar-refractivity contribution is -0.137. The molecule has 1 atom stereocenters. The van der Waals surface area contributed by atoms with Gasteiger partial charge in [0.15, 0.2) is 0 Å². The predicted molar refractivity (Wildman–Crippen MR) is 77.7 cm³/mol. The van der Waals surface area contributed by atoms with E-state index in [9.17, 15) is 13.2 Å². The van der Waals surface area contributed by atoms with Gasteiger partial charge in [-0.15, -0.1) is 0 Å². The Bertz CT molecular complexity index is 575. The Morgan fingerprint density at radius 2 is 1.38 bits per heavy atom. The summed E-state index contributed by atoms with van der Waals surface area (Å²) in [4.78, 5) is 0. The Morgan fingerprint density at radius 3 is 1.86 bits per heavy atom. The standard InChI is InChI=1S/C17H18F3N/c1-2-16(21,12-13-6-4-3-5-7-13)14-8-10-15(11-9-14)17(18,19)20/h3-11H,2,12,21H2,1H3. The lowest BCUT2D eigenvalue weighted by Gasteiger charge is -2.29. The van der Waals surface area contributed by atoms with Crippen molar-refractivity contribution in [1.29, 1.82) is 0 Å². The molecule has 0 aromatic heterocycles. The summed E-state index contributed by atoms with van der Waals surface area (Å²) in [6.07, 6.45) is -3.08. The SMILES string of the molecule is CCC(N)(Cc1ccccc1)c1ccc(C(F)(F)F)cc1. The highest BCUT2D eigenvalue weighted by molar-refractivity contribution is 5.32. The Kier molecular flexibility index (Phi) is 4.37. The van der Waals surface area contributed by atoms with E-state index in [0.29, 0.717) is 12.8 Å². The van der Waals surface area contributed by atoms with Gasteiger partial charge in [0.25, 0.3) is 0 Å². The van der Waals surface area contributed by atoms with Crippen molar-refractivity contribution in [3.8, 4) is 0 Å².